The number of aromatic nitrogens is 1. The average molecular weight is 375 g/mol. The van der Waals surface area contributed by atoms with Crippen molar-refractivity contribution in [3.63, 3.8) is 0 Å². The largest absolute Gasteiger partial charge is 0.386 e. The Balaban J connectivity index is 1.93. The molecule has 146 valence electrons. The van der Waals surface area contributed by atoms with Gasteiger partial charge in [0, 0.05) is 29.9 Å². The number of nitrogens with zero attached hydrogens (tertiary/aromatic N) is 2. The molecule has 0 spiro atoms. The second kappa shape index (κ2) is 8.34. The Morgan fingerprint density at radius 2 is 1.46 bits per heavy atom. The molecule has 2 heterocycles. The van der Waals surface area contributed by atoms with E-state index in [4.69, 9.17) is 0 Å². The third-order valence-electron chi connectivity index (χ3n) is 5.97. The number of hydrogen-bond acceptors (Lipinski definition) is 2. The number of hydrogen-bond donors (Lipinski definition) is 1. The molecule has 0 fully saturated rings. The van der Waals surface area contributed by atoms with Crippen LogP contribution in [0.1, 0.15) is 37.8 Å². The Morgan fingerprint density at radius 1 is 0.893 bits per heavy atom. The fourth-order valence-electron chi connectivity index (χ4n) is 4.58. The first-order valence-electron chi connectivity index (χ1n) is 10.5. The quantitative estimate of drug-likeness (QED) is 0.620. The van der Waals surface area contributed by atoms with E-state index in [1.54, 1.807) is 0 Å². The maximum atomic E-state index is 11.4. The minimum absolute atomic E-state index is 0.496. The molecule has 1 aliphatic rings. The number of benzene rings is 2. The van der Waals surface area contributed by atoms with E-state index in [-0.39, 0.29) is 0 Å². The summed E-state index contributed by atoms with van der Waals surface area (Å²) >= 11 is 0. The Labute approximate surface area is 168 Å². The zero-order chi connectivity index (χ0) is 19.5. The first kappa shape index (κ1) is 19.0. The molecule has 2 aromatic carbocycles. The molecular formula is C25H30N2O. The Hall–Kier alpha value is -2.36. The predicted octanol–water partition coefficient (Wildman–Crippen LogP) is 5.14. The van der Waals surface area contributed by atoms with Gasteiger partial charge in [-0.1, -0.05) is 74.5 Å². The molecule has 0 bridgehead atoms. The van der Waals surface area contributed by atoms with Gasteiger partial charge >= 0.3 is 0 Å². The molecule has 1 N–H and O–H groups in total. The maximum Gasteiger partial charge on any atom is 0.107 e. The van der Waals surface area contributed by atoms with Crippen molar-refractivity contribution in [2.45, 2.75) is 39.3 Å². The van der Waals surface area contributed by atoms with E-state index in [0.717, 1.165) is 38.2 Å². The van der Waals surface area contributed by atoms with E-state index in [1.807, 2.05) is 0 Å². The lowest BCUT2D eigenvalue weighted by atomic mass is 9.92. The summed E-state index contributed by atoms with van der Waals surface area (Å²) in [7, 11) is 0. The molecule has 28 heavy (non-hydrogen) atoms. The molecule has 0 aliphatic carbocycles. The zero-order valence-electron chi connectivity index (χ0n) is 16.9. The van der Waals surface area contributed by atoms with E-state index in [0.29, 0.717) is 6.54 Å². The van der Waals surface area contributed by atoms with Crippen LogP contribution < -0.4 is 0 Å². The highest BCUT2D eigenvalue weighted by atomic mass is 16.3. The monoisotopic (exact) mass is 374 g/mol. The Bertz CT molecular complexity index is 911. The van der Waals surface area contributed by atoms with Crippen LogP contribution in [0.4, 0.5) is 0 Å². The molecule has 0 amide bonds. The molecule has 3 nitrogen and oxygen atoms in total. The zero-order valence-corrected chi connectivity index (χ0v) is 16.9. The van der Waals surface area contributed by atoms with Crippen LogP contribution in [0.5, 0.6) is 0 Å². The van der Waals surface area contributed by atoms with Gasteiger partial charge in [-0.25, -0.2) is 0 Å². The maximum absolute atomic E-state index is 11.4. The molecule has 1 atom stereocenters. The number of likely N-dealkylation sites (N-methyl/N-ethyl adjacent to an activating group) is 1. The number of aliphatic hydroxyl groups is 1. The molecular weight excluding hydrogens is 344 g/mol. The third-order valence-corrected chi connectivity index (χ3v) is 5.97. The standard InChI is InChI=1S/C25H30N2O/c1-3-26(4-2)18-22(28)25-24(20-14-9-6-10-15-20)23(19-12-7-5-8-13-19)21-16-11-17-27(21)25/h5-10,12-15,22,28H,3-4,11,16-18H2,1-2H3/t22-/m1/s1. The number of rotatable bonds is 7. The smallest absolute Gasteiger partial charge is 0.107 e. The fraction of sp³-hybridized carbons (Fsp3) is 0.360. The Kier molecular flexibility index (Phi) is 5.65. The molecule has 0 radical (unpaired) electrons. The van der Waals surface area contributed by atoms with Gasteiger partial charge in [-0.15, -0.1) is 0 Å². The van der Waals surface area contributed by atoms with Crippen LogP contribution in [0.15, 0.2) is 60.7 Å². The number of fused-ring (bicyclic) bond motifs is 1. The second-order valence-corrected chi connectivity index (χ2v) is 7.57. The lowest BCUT2D eigenvalue weighted by Gasteiger charge is -2.24. The van der Waals surface area contributed by atoms with Crippen molar-refractivity contribution in [3.05, 3.63) is 72.1 Å². The highest BCUT2D eigenvalue weighted by molar-refractivity contribution is 5.88. The first-order valence-corrected chi connectivity index (χ1v) is 10.5. The minimum Gasteiger partial charge on any atom is -0.386 e. The van der Waals surface area contributed by atoms with Crippen molar-refractivity contribution in [2.24, 2.45) is 0 Å². The third kappa shape index (κ3) is 3.41. The van der Waals surface area contributed by atoms with Crippen molar-refractivity contribution in [2.75, 3.05) is 19.6 Å². The van der Waals surface area contributed by atoms with Crippen LogP contribution in [0.25, 0.3) is 22.3 Å². The van der Waals surface area contributed by atoms with Crippen LogP contribution in [0.2, 0.25) is 0 Å². The summed E-state index contributed by atoms with van der Waals surface area (Å²) < 4.78 is 2.40. The van der Waals surface area contributed by atoms with Crippen LogP contribution in [0.3, 0.4) is 0 Å². The van der Waals surface area contributed by atoms with Crippen LogP contribution in [-0.2, 0) is 13.0 Å². The average Bonchev–Trinajstić information content (AvgIpc) is 3.33. The van der Waals surface area contributed by atoms with Crippen molar-refractivity contribution in [1.29, 1.82) is 0 Å². The first-order chi connectivity index (χ1) is 13.7. The highest BCUT2D eigenvalue weighted by Crippen LogP contribution is 2.45. The molecule has 4 rings (SSSR count). The molecule has 1 aliphatic heterocycles. The summed E-state index contributed by atoms with van der Waals surface area (Å²) in [5.74, 6) is 0. The number of aliphatic hydroxyl groups excluding tert-OH is 1. The van der Waals surface area contributed by atoms with E-state index >= 15 is 0 Å². The molecule has 1 aromatic heterocycles. The van der Waals surface area contributed by atoms with E-state index in [2.05, 4.69) is 84.0 Å². The minimum atomic E-state index is -0.496. The van der Waals surface area contributed by atoms with Crippen molar-refractivity contribution in [3.8, 4) is 22.3 Å². The van der Waals surface area contributed by atoms with Gasteiger partial charge < -0.3 is 14.6 Å². The summed E-state index contributed by atoms with van der Waals surface area (Å²) in [6.07, 6.45) is 1.72. The summed E-state index contributed by atoms with van der Waals surface area (Å²) in [4.78, 5) is 2.30. The van der Waals surface area contributed by atoms with Crippen molar-refractivity contribution < 1.29 is 5.11 Å². The van der Waals surface area contributed by atoms with E-state index in [1.165, 1.54) is 27.9 Å². The highest BCUT2D eigenvalue weighted by Gasteiger charge is 2.31. The molecule has 0 unspecified atom stereocenters. The molecule has 0 saturated carbocycles. The Morgan fingerprint density at radius 3 is 2.04 bits per heavy atom. The van der Waals surface area contributed by atoms with Crippen molar-refractivity contribution in [1.82, 2.24) is 9.47 Å². The summed E-state index contributed by atoms with van der Waals surface area (Å²) in [6.45, 7) is 7.89. The van der Waals surface area contributed by atoms with Gasteiger partial charge in [0.1, 0.15) is 6.10 Å². The second-order valence-electron chi connectivity index (χ2n) is 7.57. The SMILES string of the molecule is CCN(CC)C[C@@H](O)c1c(-c2ccccc2)c(-c2ccccc2)c2n1CCC2. The van der Waals surface area contributed by atoms with Crippen molar-refractivity contribution >= 4 is 0 Å². The predicted molar refractivity (Wildman–Crippen MR) is 116 cm³/mol. The lowest BCUT2D eigenvalue weighted by molar-refractivity contribution is 0.113. The van der Waals surface area contributed by atoms with Gasteiger partial charge in [-0.05, 0) is 37.1 Å². The van der Waals surface area contributed by atoms with Crippen LogP contribution >= 0.6 is 0 Å². The van der Waals surface area contributed by atoms with Gasteiger partial charge in [-0.2, -0.15) is 0 Å². The fourth-order valence-corrected chi connectivity index (χ4v) is 4.58. The molecule has 3 aromatic rings. The topological polar surface area (TPSA) is 28.4 Å². The summed E-state index contributed by atoms with van der Waals surface area (Å²) in [6, 6.07) is 21.3. The van der Waals surface area contributed by atoms with Gasteiger partial charge in [0.15, 0.2) is 0 Å². The van der Waals surface area contributed by atoms with E-state index < -0.39 is 6.10 Å². The summed E-state index contributed by atoms with van der Waals surface area (Å²) in [5.41, 5.74) is 7.41. The van der Waals surface area contributed by atoms with Gasteiger partial charge in [0.2, 0.25) is 0 Å². The van der Waals surface area contributed by atoms with Gasteiger partial charge in [0.05, 0.1) is 5.69 Å². The van der Waals surface area contributed by atoms with Crippen LogP contribution in [0, 0.1) is 0 Å². The van der Waals surface area contributed by atoms with Gasteiger partial charge in [-0.3, -0.25) is 0 Å². The van der Waals surface area contributed by atoms with E-state index in [9.17, 15) is 5.11 Å². The summed E-state index contributed by atoms with van der Waals surface area (Å²) in [5, 5.41) is 11.4. The van der Waals surface area contributed by atoms with Crippen LogP contribution in [-0.4, -0.2) is 34.2 Å². The lowest BCUT2D eigenvalue weighted by Crippen LogP contribution is -2.29. The molecule has 0 saturated heterocycles. The molecule has 3 heteroatoms. The van der Waals surface area contributed by atoms with Gasteiger partial charge in [0.25, 0.3) is 0 Å². The normalized spacial score (nSPS) is 14.4.